The number of nitrogens with one attached hydrogen (secondary N) is 2. The summed E-state index contributed by atoms with van der Waals surface area (Å²) in [4.78, 5) is 13.2. The summed E-state index contributed by atoms with van der Waals surface area (Å²) in [6.07, 6.45) is 2.32. The smallest absolute Gasteiger partial charge is 0.279 e. The van der Waals surface area contributed by atoms with Crippen molar-refractivity contribution in [2.45, 2.75) is 19.8 Å². The van der Waals surface area contributed by atoms with Gasteiger partial charge in [0.25, 0.3) is 5.91 Å². The molecule has 1 fully saturated rings. The summed E-state index contributed by atoms with van der Waals surface area (Å²) in [6.45, 7) is 4.71. The monoisotopic (exact) mass is 329 g/mol. The van der Waals surface area contributed by atoms with Gasteiger partial charge >= 0.3 is 0 Å². The van der Waals surface area contributed by atoms with Gasteiger partial charge in [0.1, 0.15) is 5.82 Å². The standard InChI is InChI=1S/C14H18BrFN2O/c1-10-4-6-18(7-5-10)9-14(19)17-13-3-2-11(15)8-12(13)16/h2-3,8,10H,4-7,9H2,1H3,(H,17,19)/p+1. The molecule has 2 N–H and O–H groups in total. The lowest BCUT2D eigenvalue weighted by molar-refractivity contribution is -0.897. The van der Waals surface area contributed by atoms with Crippen LogP contribution in [0.25, 0.3) is 0 Å². The lowest BCUT2D eigenvalue weighted by Crippen LogP contribution is -3.14. The van der Waals surface area contributed by atoms with Gasteiger partial charge in [0.05, 0.1) is 18.8 Å². The Morgan fingerprint density at radius 1 is 1.47 bits per heavy atom. The van der Waals surface area contributed by atoms with E-state index in [9.17, 15) is 9.18 Å². The highest BCUT2D eigenvalue weighted by atomic mass is 79.9. The molecule has 0 unspecified atom stereocenters. The highest BCUT2D eigenvalue weighted by molar-refractivity contribution is 9.10. The third-order valence-electron chi connectivity index (χ3n) is 3.60. The maximum Gasteiger partial charge on any atom is 0.279 e. The van der Waals surface area contributed by atoms with Gasteiger partial charge in [-0.1, -0.05) is 22.9 Å². The number of hydrogen-bond acceptors (Lipinski definition) is 1. The van der Waals surface area contributed by atoms with Gasteiger partial charge in [0, 0.05) is 4.47 Å². The van der Waals surface area contributed by atoms with Gasteiger partial charge in [0.15, 0.2) is 6.54 Å². The fourth-order valence-electron chi connectivity index (χ4n) is 2.36. The Morgan fingerprint density at radius 2 is 2.16 bits per heavy atom. The Kier molecular flexibility index (Phi) is 4.93. The van der Waals surface area contributed by atoms with Gasteiger partial charge in [-0.25, -0.2) is 4.39 Å². The lowest BCUT2D eigenvalue weighted by atomic mass is 9.99. The second-order valence-corrected chi connectivity index (χ2v) is 6.20. The van der Waals surface area contributed by atoms with Crippen molar-refractivity contribution in [2.75, 3.05) is 25.0 Å². The molecule has 1 aromatic rings. The van der Waals surface area contributed by atoms with Gasteiger partial charge in [-0.3, -0.25) is 4.79 Å². The van der Waals surface area contributed by atoms with Crippen LogP contribution in [0.1, 0.15) is 19.8 Å². The molecule has 0 aliphatic carbocycles. The van der Waals surface area contributed by atoms with E-state index in [0.29, 0.717) is 11.0 Å². The summed E-state index contributed by atoms with van der Waals surface area (Å²) in [5.74, 6) is 0.228. The normalized spacial score (nSPS) is 23.1. The van der Waals surface area contributed by atoms with Crippen molar-refractivity contribution in [2.24, 2.45) is 5.92 Å². The Labute approximate surface area is 121 Å². The summed E-state index contributed by atoms with van der Waals surface area (Å²) >= 11 is 3.19. The van der Waals surface area contributed by atoms with E-state index in [2.05, 4.69) is 28.2 Å². The number of quaternary nitrogens is 1. The average molecular weight is 330 g/mol. The van der Waals surface area contributed by atoms with E-state index in [-0.39, 0.29) is 11.6 Å². The fraction of sp³-hybridized carbons (Fsp3) is 0.500. The van der Waals surface area contributed by atoms with Crippen molar-refractivity contribution < 1.29 is 14.1 Å². The number of amides is 1. The Morgan fingerprint density at radius 3 is 2.79 bits per heavy atom. The minimum Gasteiger partial charge on any atom is -0.327 e. The van der Waals surface area contributed by atoms with Crippen LogP contribution in [0.3, 0.4) is 0 Å². The number of carbonyl (C=O) groups is 1. The van der Waals surface area contributed by atoms with Crippen LogP contribution < -0.4 is 10.2 Å². The molecule has 19 heavy (non-hydrogen) atoms. The second kappa shape index (κ2) is 6.48. The molecule has 0 bridgehead atoms. The quantitative estimate of drug-likeness (QED) is 0.871. The third kappa shape index (κ3) is 4.28. The van der Waals surface area contributed by atoms with Crippen molar-refractivity contribution in [1.29, 1.82) is 0 Å². The van der Waals surface area contributed by atoms with E-state index in [1.165, 1.54) is 11.0 Å². The van der Waals surface area contributed by atoms with Crippen LogP contribution >= 0.6 is 15.9 Å². The molecule has 0 saturated carbocycles. The number of hydrogen-bond donors (Lipinski definition) is 2. The lowest BCUT2D eigenvalue weighted by Gasteiger charge is -2.26. The molecule has 1 aromatic carbocycles. The summed E-state index contributed by atoms with van der Waals surface area (Å²) in [6, 6.07) is 4.64. The predicted molar refractivity (Wildman–Crippen MR) is 76.7 cm³/mol. The molecule has 1 aliphatic rings. The number of rotatable bonds is 3. The second-order valence-electron chi connectivity index (χ2n) is 5.28. The highest BCUT2D eigenvalue weighted by Crippen LogP contribution is 2.19. The molecule has 1 saturated heterocycles. The SMILES string of the molecule is CC1CC[NH+](CC(=O)Nc2ccc(Br)cc2F)CC1. The van der Waals surface area contributed by atoms with Crippen molar-refractivity contribution in [3.63, 3.8) is 0 Å². The molecule has 5 heteroatoms. The predicted octanol–water partition coefficient (Wildman–Crippen LogP) is 1.84. The Balaban J connectivity index is 1.87. The molecular formula is C14H19BrFN2O+. The van der Waals surface area contributed by atoms with Crippen molar-refractivity contribution in [3.8, 4) is 0 Å². The molecule has 0 aromatic heterocycles. The van der Waals surface area contributed by atoms with E-state index in [1.807, 2.05) is 0 Å². The zero-order valence-electron chi connectivity index (χ0n) is 11.0. The minimum atomic E-state index is -0.412. The van der Waals surface area contributed by atoms with E-state index < -0.39 is 5.82 Å². The molecule has 1 aliphatic heterocycles. The minimum absolute atomic E-state index is 0.120. The third-order valence-corrected chi connectivity index (χ3v) is 4.09. The number of piperidine rings is 1. The number of benzene rings is 1. The van der Waals surface area contributed by atoms with Gasteiger partial charge in [-0.15, -0.1) is 0 Å². The molecule has 2 rings (SSSR count). The number of anilines is 1. The molecule has 1 amide bonds. The molecule has 0 radical (unpaired) electrons. The molecular weight excluding hydrogens is 311 g/mol. The molecule has 0 spiro atoms. The molecule has 3 nitrogen and oxygen atoms in total. The van der Waals surface area contributed by atoms with E-state index in [1.54, 1.807) is 12.1 Å². The van der Waals surface area contributed by atoms with E-state index in [4.69, 9.17) is 0 Å². The summed E-state index contributed by atoms with van der Waals surface area (Å²) in [5.41, 5.74) is 0.248. The highest BCUT2D eigenvalue weighted by Gasteiger charge is 2.21. The maximum absolute atomic E-state index is 13.6. The Hall–Kier alpha value is -0.940. The van der Waals surface area contributed by atoms with Gasteiger partial charge in [-0.05, 0) is 37.0 Å². The maximum atomic E-state index is 13.6. The van der Waals surface area contributed by atoms with Crippen LogP contribution in [0.15, 0.2) is 22.7 Å². The van der Waals surface area contributed by atoms with Crippen LogP contribution in [0, 0.1) is 11.7 Å². The molecule has 1 heterocycles. The number of likely N-dealkylation sites (tertiary alicyclic amines) is 1. The zero-order chi connectivity index (χ0) is 13.8. The van der Waals surface area contributed by atoms with Crippen LogP contribution in [0.2, 0.25) is 0 Å². The average Bonchev–Trinajstić information content (AvgIpc) is 2.36. The van der Waals surface area contributed by atoms with Crippen molar-refractivity contribution in [1.82, 2.24) is 0 Å². The van der Waals surface area contributed by atoms with E-state index >= 15 is 0 Å². The van der Waals surface area contributed by atoms with Gasteiger partial charge < -0.3 is 10.2 Å². The van der Waals surface area contributed by atoms with Gasteiger partial charge in [-0.2, -0.15) is 0 Å². The topological polar surface area (TPSA) is 33.5 Å². The van der Waals surface area contributed by atoms with Crippen LogP contribution in [0.4, 0.5) is 10.1 Å². The van der Waals surface area contributed by atoms with Crippen LogP contribution in [-0.2, 0) is 4.79 Å². The van der Waals surface area contributed by atoms with Crippen LogP contribution in [-0.4, -0.2) is 25.5 Å². The fourth-order valence-corrected chi connectivity index (χ4v) is 2.69. The summed E-state index contributed by atoms with van der Waals surface area (Å²) < 4.78 is 14.3. The summed E-state index contributed by atoms with van der Waals surface area (Å²) in [7, 11) is 0. The first-order valence-corrected chi connectivity index (χ1v) is 7.42. The molecule has 104 valence electrons. The first-order valence-electron chi connectivity index (χ1n) is 6.63. The molecule has 0 atom stereocenters. The number of halogens is 2. The Bertz CT molecular complexity index is 459. The van der Waals surface area contributed by atoms with Crippen molar-refractivity contribution in [3.05, 3.63) is 28.5 Å². The first-order chi connectivity index (χ1) is 9.04. The summed E-state index contributed by atoms with van der Waals surface area (Å²) in [5, 5.41) is 2.64. The first kappa shape index (κ1) is 14.5. The van der Waals surface area contributed by atoms with E-state index in [0.717, 1.165) is 31.8 Å². The van der Waals surface area contributed by atoms with Gasteiger partial charge in [0.2, 0.25) is 0 Å². The zero-order valence-corrected chi connectivity index (χ0v) is 12.6. The van der Waals surface area contributed by atoms with Crippen molar-refractivity contribution >= 4 is 27.5 Å². The largest absolute Gasteiger partial charge is 0.327 e. The number of carbonyl (C=O) groups excluding carboxylic acids is 1. The van der Waals surface area contributed by atoms with Crippen LogP contribution in [0.5, 0.6) is 0 Å².